The molecule has 31 heavy (non-hydrogen) atoms. The van der Waals surface area contributed by atoms with E-state index < -0.39 is 6.04 Å². The fourth-order valence-electron chi connectivity index (χ4n) is 3.62. The fraction of sp³-hybridized carbons (Fsp3) is 0.120. The lowest BCUT2D eigenvalue weighted by Crippen LogP contribution is -2.45. The van der Waals surface area contributed by atoms with Gasteiger partial charge in [0.2, 0.25) is 0 Å². The maximum atomic E-state index is 13.1. The third-order valence-electron chi connectivity index (χ3n) is 5.21. The smallest absolute Gasteiger partial charge is 0.319 e. The molecule has 0 aromatic heterocycles. The van der Waals surface area contributed by atoms with Gasteiger partial charge < -0.3 is 20.7 Å². The van der Waals surface area contributed by atoms with E-state index >= 15 is 0 Å². The predicted octanol–water partition coefficient (Wildman–Crippen LogP) is 4.63. The van der Waals surface area contributed by atoms with Crippen LogP contribution in [0.2, 0.25) is 0 Å². The van der Waals surface area contributed by atoms with Gasteiger partial charge in [0.15, 0.2) is 0 Å². The van der Waals surface area contributed by atoms with Crippen molar-refractivity contribution in [1.29, 1.82) is 0 Å². The van der Waals surface area contributed by atoms with Gasteiger partial charge in [-0.3, -0.25) is 4.79 Å². The Morgan fingerprint density at radius 1 is 0.903 bits per heavy atom. The van der Waals surface area contributed by atoms with Gasteiger partial charge in [0.25, 0.3) is 5.91 Å². The second-order valence-electron chi connectivity index (χ2n) is 7.24. The maximum absolute atomic E-state index is 13.1. The fourth-order valence-corrected chi connectivity index (χ4v) is 3.62. The molecule has 3 aromatic carbocycles. The number of urea groups is 1. The molecule has 3 amide bonds. The first kappa shape index (κ1) is 20.2. The van der Waals surface area contributed by atoms with Crippen LogP contribution in [0.5, 0.6) is 5.75 Å². The summed E-state index contributed by atoms with van der Waals surface area (Å²) in [7, 11) is 1.59. The van der Waals surface area contributed by atoms with E-state index in [1.54, 1.807) is 38.3 Å². The zero-order chi connectivity index (χ0) is 21.8. The van der Waals surface area contributed by atoms with Crippen molar-refractivity contribution in [3.05, 3.63) is 95.7 Å². The van der Waals surface area contributed by atoms with Gasteiger partial charge in [-0.15, -0.1) is 0 Å². The minimum absolute atomic E-state index is 0.285. The van der Waals surface area contributed by atoms with Crippen LogP contribution in [0.3, 0.4) is 0 Å². The number of carbonyl (C=O) groups excluding carboxylic acids is 2. The second-order valence-corrected chi connectivity index (χ2v) is 7.24. The molecule has 0 saturated carbocycles. The summed E-state index contributed by atoms with van der Waals surface area (Å²) in [5, 5.41) is 8.47. The topological polar surface area (TPSA) is 79.5 Å². The summed E-state index contributed by atoms with van der Waals surface area (Å²) < 4.78 is 5.16. The van der Waals surface area contributed by atoms with Crippen LogP contribution in [0.4, 0.5) is 10.5 Å². The Labute approximate surface area is 180 Å². The summed E-state index contributed by atoms with van der Waals surface area (Å²) >= 11 is 0. The molecule has 6 heteroatoms. The molecule has 0 fully saturated rings. The molecule has 3 N–H and O–H groups in total. The van der Waals surface area contributed by atoms with Crippen molar-refractivity contribution in [2.45, 2.75) is 13.0 Å². The molecule has 0 saturated heterocycles. The van der Waals surface area contributed by atoms with Crippen molar-refractivity contribution in [1.82, 2.24) is 10.6 Å². The molecule has 156 valence electrons. The van der Waals surface area contributed by atoms with E-state index in [0.717, 1.165) is 16.7 Å². The van der Waals surface area contributed by atoms with E-state index in [4.69, 9.17) is 4.74 Å². The summed E-state index contributed by atoms with van der Waals surface area (Å²) in [6, 6.07) is 24.1. The highest BCUT2D eigenvalue weighted by Crippen LogP contribution is 2.30. The summed E-state index contributed by atoms with van der Waals surface area (Å²) in [5.41, 5.74) is 4.62. The molecular formula is C25H23N3O3. The molecule has 0 unspecified atom stereocenters. The lowest BCUT2D eigenvalue weighted by molar-refractivity contribution is -0.113. The van der Waals surface area contributed by atoms with Crippen molar-refractivity contribution < 1.29 is 14.3 Å². The monoisotopic (exact) mass is 413 g/mol. The molecule has 1 aliphatic rings. The van der Waals surface area contributed by atoms with E-state index in [0.29, 0.717) is 22.7 Å². The van der Waals surface area contributed by atoms with Gasteiger partial charge in [-0.1, -0.05) is 54.6 Å². The molecular weight excluding hydrogens is 390 g/mol. The third kappa shape index (κ3) is 4.43. The number of anilines is 1. The first-order chi connectivity index (χ1) is 15.0. The zero-order valence-corrected chi connectivity index (χ0v) is 17.3. The molecule has 0 bridgehead atoms. The minimum atomic E-state index is -0.558. The average Bonchev–Trinajstić information content (AvgIpc) is 2.79. The average molecular weight is 413 g/mol. The van der Waals surface area contributed by atoms with Crippen molar-refractivity contribution >= 4 is 17.6 Å². The predicted molar refractivity (Wildman–Crippen MR) is 121 cm³/mol. The normalized spacial score (nSPS) is 15.7. The molecule has 4 rings (SSSR count). The molecule has 3 aromatic rings. The third-order valence-corrected chi connectivity index (χ3v) is 5.21. The number of nitrogens with one attached hydrogen (secondary N) is 3. The number of carbonyl (C=O) groups is 2. The van der Waals surface area contributed by atoms with Crippen LogP contribution in [0, 0.1) is 0 Å². The number of hydrogen-bond acceptors (Lipinski definition) is 3. The maximum Gasteiger partial charge on any atom is 0.319 e. The Bertz CT molecular complexity index is 1120. The van der Waals surface area contributed by atoms with Crippen LogP contribution in [0.25, 0.3) is 11.1 Å². The SMILES string of the molecule is COc1ccc(NC(=O)C2=C(C)NC(=O)N[C@@H]2c2ccc(-c3ccccc3)cc2)cc1. The second kappa shape index (κ2) is 8.75. The van der Waals surface area contributed by atoms with Gasteiger partial charge in [-0.05, 0) is 47.9 Å². The quantitative estimate of drug-likeness (QED) is 0.571. The largest absolute Gasteiger partial charge is 0.497 e. The molecule has 1 aliphatic heterocycles. The molecule has 1 atom stereocenters. The minimum Gasteiger partial charge on any atom is -0.497 e. The van der Waals surface area contributed by atoms with Crippen LogP contribution in [-0.4, -0.2) is 19.0 Å². The van der Waals surface area contributed by atoms with E-state index in [-0.39, 0.29) is 11.9 Å². The standard InChI is InChI=1S/C25H23N3O3/c1-16-22(24(29)27-20-12-14-21(31-2)15-13-20)23(28-25(30)26-16)19-10-8-18(9-11-19)17-6-4-3-5-7-17/h3-15,23H,1-2H3,(H,27,29)(H2,26,28,30)/t23-/m1/s1. The highest BCUT2D eigenvalue weighted by molar-refractivity contribution is 6.06. The molecule has 0 spiro atoms. The van der Waals surface area contributed by atoms with Gasteiger partial charge >= 0.3 is 6.03 Å². The molecule has 0 aliphatic carbocycles. The van der Waals surface area contributed by atoms with Crippen molar-refractivity contribution in [3.8, 4) is 16.9 Å². The molecule has 1 heterocycles. The number of rotatable bonds is 5. The molecule has 6 nitrogen and oxygen atoms in total. The van der Waals surface area contributed by atoms with E-state index in [2.05, 4.69) is 16.0 Å². The Kier molecular flexibility index (Phi) is 5.71. The summed E-state index contributed by atoms with van der Waals surface area (Å²) in [6.07, 6.45) is 0. The number of amides is 3. The lowest BCUT2D eigenvalue weighted by atomic mass is 9.93. The van der Waals surface area contributed by atoms with Crippen LogP contribution in [0.15, 0.2) is 90.1 Å². The number of allylic oxidation sites excluding steroid dienone is 1. The van der Waals surface area contributed by atoms with Crippen molar-refractivity contribution in [2.75, 3.05) is 12.4 Å². The number of hydrogen-bond donors (Lipinski definition) is 3. The van der Waals surface area contributed by atoms with Crippen LogP contribution in [-0.2, 0) is 4.79 Å². The number of benzene rings is 3. The molecule has 0 radical (unpaired) electrons. The van der Waals surface area contributed by atoms with Crippen LogP contribution < -0.4 is 20.7 Å². The Morgan fingerprint density at radius 2 is 1.55 bits per heavy atom. The number of ether oxygens (including phenoxy) is 1. The van der Waals surface area contributed by atoms with Crippen molar-refractivity contribution in [3.63, 3.8) is 0 Å². The van der Waals surface area contributed by atoms with E-state index in [1.165, 1.54) is 0 Å². The number of methoxy groups -OCH3 is 1. The van der Waals surface area contributed by atoms with Gasteiger partial charge in [0, 0.05) is 11.4 Å². The van der Waals surface area contributed by atoms with Crippen LogP contribution >= 0.6 is 0 Å². The first-order valence-corrected chi connectivity index (χ1v) is 9.94. The summed E-state index contributed by atoms with van der Waals surface area (Å²) in [4.78, 5) is 25.3. The van der Waals surface area contributed by atoms with Gasteiger partial charge in [0.1, 0.15) is 5.75 Å². The Morgan fingerprint density at radius 3 is 2.19 bits per heavy atom. The zero-order valence-electron chi connectivity index (χ0n) is 17.3. The first-order valence-electron chi connectivity index (χ1n) is 9.94. The van der Waals surface area contributed by atoms with Gasteiger partial charge in [-0.25, -0.2) is 4.79 Å². The van der Waals surface area contributed by atoms with Crippen LogP contribution in [0.1, 0.15) is 18.5 Å². The van der Waals surface area contributed by atoms with E-state index in [1.807, 2.05) is 54.6 Å². The van der Waals surface area contributed by atoms with Gasteiger partial charge in [-0.2, -0.15) is 0 Å². The van der Waals surface area contributed by atoms with E-state index in [9.17, 15) is 9.59 Å². The lowest BCUT2D eigenvalue weighted by Gasteiger charge is -2.28. The Balaban J connectivity index is 1.61. The van der Waals surface area contributed by atoms with Crippen molar-refractivity contribution in [2.24, 2.45) is 0 Å². The Hall–Kier alpha value is -4.06. The summed E-state index contributed by atoms with van der Waals surface area (Å²) in [5.74, 6) is 0.420. The highest BCUT2D eigenvalue weighted by Gasteiger charge is 2.31. The summed E-state index contributed by atoms with van der Waals surface area (Å²) in [6.45, 7) is 1.73. The van der Waals surface area contributed by atoms with Gasteiger partial charge in [0.05, 0.1) is 18.7 Å². The highest BCUT2D eigenvalue weighted by atomic mass is 16.5.